The largest absolute Gasteiger partial charge is 0.324 e. The van der Waals surface area contributed by atoms with Gasteiger partial charge in [0.05, 0.1) is 0 Å². The SMILES string of the molecule is NC1CCc2nc(Br)ccc21. The van der Waals surface area contributed by atoms with E-state index in [1.807, 2.05) is 6.07 Å². The van der Waals surface area contributed by atoms with Crippen molar-refractivity contribution in [2.75, 3.05) is 0 Å². The molecule has 1 aliphatic carbocycles. The summed E-state index contributed by atoms with van der Waals surface area (Å²) in [6, 6.07) is 4.22. The molecule has 3 heteroatoms. The predicted molar refractivity (Wildman–Crippen MR) is 47.2 cm³/mol. The van der Waals surface area contributed by atoms with Gasteiger partial charge in [0.2, 0.25) is 0 Å². The van der Waals surface area contributed by atoms with E-state index in [-0.39, 0.29) is 6.04 Å². The smallest absolute Gasteiger partial charge is 0.106 e. The second kappa shape index (κ2) is 2.57. The molecule has 2 N–H and O–H groups in total. The van der Waals surface area contributed by atoms with Crippen molar-refractivity contribution in [3.63, 3.8) is 0 Å². The Kier molecular flexibility index (Phi) is 1.69. The van der Waals surface area contributed by atoms with E-state index in [0.29, 0.717) is 0 Å². The molecular weight excluding hydrogens is 204 g/mol. The number of pyridine rings is 1. The molecule has 0 saturated heterocycles. The van der Waals surface area contributed by atoms with E-state index in [9.17, 15) is 0 Å². The molecule has 0 radical (unpaired) electrons. The Hall–Kier alpha value is -0.410. The van der Waals surface area contributed by atoms with Gasteiger partial charge < -0.3 is 5.73 Å². The lowest BCUT2D eigenvalue weighted by Gasteiger charge is -2.02. The molecule has 1 aromatic heterocycles. The number of rotatable bonds is 0. The van der Waals surface area contributed by atoms with Gasteiger partial charge in [0, 0.05) is 11.7 Å². The van der Waals surface area contributed by atoms with Crippen LogP contribution in [0.5, 0.6) is 0 Å². The molecule has 1 aromatic rings. The molecule has 1 atom stereocenters. The zero-order valence-corrected chi connectivity index (χ0v) is 7.63. The topological polar surface area (TPSA) is 38.9 Å². The molecule has 2 rings (SSSR count). The Labute approximate surface area is 73.9 Å². The van der Waals surface area contributed by atoms with Crippen LogP contribution < -0.4 is 5.73 Å². The van der Waals surface area contributed by atoms with Gasteiger partial charge in [0.1, 0.15) is 4.60 Å². The van der Waals surface area contributed by atoms with Crippen molar-refractivity contribution in [2.45, 2.75) is 18.9 Å². The second-order valence-electron chi connectivity index (χ2n) is 2.82. The first-order valence-electron chi connectivity index (χ1n) is 3.68. The number of aryl methyl sites for hydroxylation is 1. The zero-order chi connectivity index (χ0) is 7.84. The fourth-order valence-corrected chi connectivity index (χ4v) is 1.82. The van der Waals surface area contributed by atoms with Crippen LogP contribution in [0.15, 0.2) is 16.7 Å². The van der Waals surface area contributed by atoms with Crippen molar-refractivity contribution in [1.82, 2.24) is 4.98 Å². The first-order valence-corrected chi connectivity index (χ1v) is 4.47. The summed E-state index contributed by atoms with van der Waals surface area (Å²) in [5.41, 5.74) is 8.22. The van der Waals surface area contributed by atoms with Crippen molar-refractivity contribution in [3.05, 3.63) is 28.0 Å². The van der Waals surface area contributed by atoms with Crippen LogP contribution in [0, 0.1) is 0 Å². The summed E-state index contributed by atoms with van der Waals surface area (Å²) in [6.07, 6.45) is 2.06. The molecule has 0 bridgehead atoms. The van der Waals surface area contributed by atoms with E-state index in [1.54, 1.807) is 0 Å². The molecule has 0 saturated carbocycles. The van der Waals surface area contributed by atoms with Crippen LogP contribution in [0.2, 0.25) is 0 Å². The molecule has 11 heavy (non-hydrogen) atoms. The second-order valence-corrected chi connectivity index (χ2v) is 3.63. The summed E-state index contributed by atoms with van der Waals surface area (Å²) < 4.78 is 0.908. The van der Waals surface area contributed by atoms with Gasteiger partial charge in [0.25, 0.3) is 0 Å². The fraction of sp³-hybridized carbons (Fsp3) is 0.375. The normalized spacial score (nSPS) is 21.8. The maximum Gasteiger partial charge on any atom is 0.106 e. The maximum atomic E-state index is 5.84. The summed E-state index contributed by atoms with van der Waals surface area (Å²) >= 11 is 3.33. The van der Waals surface area contributed by atoms with Crippen molar-refractivity contribution in [2.24, 2.45) is 5.73 Å². The Morgan fingerprint density at radius 1 is 1.55 bits per heavy atom. The van der Waals surface area contributed by atoms with Crippen LogP contribution in [-0.4, -0.2) is 4.98 Å². The van der Waals surface area contributed by atoms with Crippen molar-refractivity contribution in [3.8, 4) is 0 Å². The van der Waals surface area contributed by atoms with Gasteiger partial charge in [-0.3, -0.25) is 0 Å². The third kappa shape index (κ3) is 1.19. The monoisotopic (exact) mass is 212 g/mol. The third-order valence-corrected chi connectivity index (χ3v) is 2.51. The molecule has 0 fully saturated rings. The highest BCUT2D eigenvalue weighted by molar-refractivity contribution is 9.10. The Bertz CT molecular complexity index is 285. The van der Waals surface area contributed by atoms with Crippen molar-refractivity contribution < 1.29 is 0 Å². The van der Waals surface area contributed by atoms with E-state index in [0.717, 1.165) is 23.1 Å². The lowest BCUT2D eigenvalue weighted by Crippen LogP contribution is -2.05. The van der Waals surface area contributed by atoms with Gasteiger partial charge in [-0.1, -0.05) is 6.07 Å². The van der Waals surface area contributed by atoms with Gasteiger partial charge in [-0.15, -0.1) is 0 Å². The minimum atomic E-state index is 0.214. The Morgan fingerprint density at radius 2 is 2.36 bits per heavy atom. The summed E-state index contributed by atoms with van der Waals surface area (Å²) in [4.78, 5) is 4.34. The molecule has 58 valence electrons. The highest BCUT2D eigenvalue weighted by Gasteiger charge is 2.19. The molecule has 1 aliphatic rings. The summed E-state index contributed by atoms with van der Waals surface area (Å²) in [6.45, 7) is 0. The van der Waals surface area contributed by atoms with Crippen LogP contribution in [0.4, 0.5) is 0 Å². The minimum absolute atomic E-state index is 0.214. The van der Waals surface area contributed by atoms with Crippen LogP contribution >= 0.6 is 15.9 Å². The number of aromatic nitrogens is 1. The molecule has 0 aliphatic heterocycles. The summed E-state index contributed by atoms with van der Waals surface area (Å²) in [5, 5.41) is 0. The lowest BCUT2D eigenvalue weighted by atomic mass is 10.2. The summed E-state index contributed by atoms with van der Waals surface area (Å²) in [5.74, 6) is 0. The zero-order valence-electron chi connectivity index (χ0n) is 6.05. The standard InChI is InChI=1S/C8H9BrN2/c9-8-4-1-5-6(10)2-3-7(5)11-8/h1,4,6H,2-3,10H2. The number of hydrogen-bond acceptors (Lipinski definition) is 2. The van der Waals surface area contributed by atoms with Gasteiger partial charge in [-0.05, 0) is 40.4 Å². The number of nitrogens with zero attached hydrogens (tertiary/aromatic N) is 1. The van der Waals surface area contributed by atoms with Crippen molar-refractivity contribution >= 4 is 15.9 Å². The van der Waals surface area contributed by atoms with Gasteiger partial charge in [0.15, 0.2) is 0 Å². The van der Waals surface area contributed by atoms with Gasteiger partial charge in [-0.25, -0.2) is 4.98 Å². The van der Waals surface area contributed by atoms with E-state index in [4.69, 9.17) is 5.73 Å². The average Bonchev–Trinajstić information content (AvgIpc) is 2.32. The highest BCUT2D eigenvalue weighted by atomic mass is 79.9. The predicted octanol–water partition coefficient (Wildman–Crippen LogP) is 1.79. The van der Waals surface area contributed by atoms with Gasteiger partial charge in [-0.2, -0.15) is 0 Å². The van der Waals surface area contributed by atoms with E-state index in [2.05, 4.69) is 27.0 Å². The van der Waals surface area contributed by atoms with E-state index >= 15 is 0 Å². The Balaban J connectivity index is 2.50. The number of hydrogen-bond donors (Lipinski definition) is 1. The number of halogens is 1. The Morgan fingerprint density at radius 3 is 3.18 bits per heavy atom. The fourth-order valence-electron chi connectivity index (χ4n) is 1.47. The van der Waals surface area contributed by atoms with E-state index in [1.165, 1.54) is 5.56 Å². The maximum absolute atomic E-state index is 5.84. The van der Waals surface area contributed by atoms with Gasteiger partial charge >= 0.3 is 0 Å². The molecule has 2 nitrogen and oxygen atoms in total. The van der Waals surface area contributed by atoms with Crippen LogP contribution in [0.1, 0.15) is 23.7 Å². The van der Waals surface area contributed by atoms with Crippen molar-refractivity contribution in [1.29, 1.82) is 0 Å². The van der Waals surface area contributed by atoms with Crippen LogP contribution in [0.25, 0.3) is 0 Å². The molecule has 0 spiro atoms. The molecular formula is C8H9BrN2. The molecule has 1 unspecified atom stereocenters. The summed E-state index contributed by atoms with van der Waals surface area (Å²) in [7, 11) is 0. The molecule has 0 amide bonds. The van der Waals surface area contributed by atoms with E-state index < -0.39 is 0 Å². The molecule has 1 heterocycles. The number of nitrogens with two attached hydrogens (primary N) is 1. The number of fused-ring (bicyclic) bond motifs is 1. The molecule has 0 aromatic carbocycles. The van der Waals surface area contributed by atoms with Crippen LogP contribution in [-0.2, 0) is 6.42 Å². The average molecular weight is 213 g/mol. The highest BCUT2D eigenvalue weighted by Crippen LogP contribution is 2.28. The quantitative estimate of drug-likeness (QED) is 0.667. The first kappa shape index (κ1) is 7.25. The first-order chi connectivity index (χ1) is 5.27. The third-order valence-electron chi connectivity index (χ3n) is 2.07. The minimum Gasteiger partial charge on any atom is -0.324 e. The lowest BCUT2D eigenvalue weighted by molar-refractivity contribution is 0.712. The van der Waals surface area contributed by atoms with Crippen LogP contribution in [0.3, 0.4) is 0 Å².